The molecular formula is C17H16N4OS. The number of oxime groups is 1. The van der Waals surface area contributed by atoms with Crippen molar-refractivity contribution < 1.29 is 5.21 Å². The highest BCUT2D eigenvalue weighted by Gasteiger charge is 2.03. The van der Waals surface area contributed by atoms with Gasteiger partial charge in [0.05, 0.1) is 16.8 Å². The highest BCUT2D eigenvalue weighted by Crippen LogP contribution is 2.20. The van der Waals surface area contributed by atoms with E-state index in [0.717, 1.165) is 21.8 Å². The summed E-state index contributed by atoms with van der Waals surface area (Å²) in [5.74, 6) is 6.05. The molecule has 0 aliphatic heterocycles. The van der Waals surface area contributed by atoms with Crippen LogP contribution in [0.1, 0.15) is 27.6 Å². The molecule has 2 aromatic heterocycles. The summed E-state index contributed by atoms with van der Waals surface area (Å²) in [7, 11) is 0. The van der Waals surface area contributed by atoms with Crippen molar-refractivity contribution in [1.29, 1.82) is 0 Å². The zero-order chi connectivity index (χ0) is 16.5. The summed E-state index contributed by atoms with van der Waals surface area (Å²) >= 11 is 1.38. The Labute approximate surface area is 139 Å². The number of pyridine rings is 1. The molecule has 0 spiro atoms. The molecule has 116 valence electrons. The van der Waals surface area contributed by atoms with Gasteiger partial charge in [-0.15, -0.1) is 11.3 Å². The van der Waals surface area contributed by atoms with Gasteiger partial charge < -0.3 is 10.5 Å². The first-order chi connectivity index (χ1) is 11.3. The maximum absolute atomic E-state index is 8.45. The third kappa shape index (κ3) is 4.53. The highest BCUT2D eigenvalue weighted by atomic mass is 32.1. The van der Waals surface area contributed by atoms with Crippen LogP contribution in [0.2, 0.25) is 0 Å². The smallest absolute Gasteiger partial charge is 0.167 e. The van der Waals surface area contributed by atoms with E-state index in [1.54, 1.807) is 24.5 Å². The average molecular weight is 324 g/mol. The predicted molar refractivity (Wildman–Crippen MR) is 95.9 cm³/mol. The maximum Gasteiger partial charge on any atom is 0.167 e. The van der Waals surface area contributed by atoms with Crippen molar-refractivity contribution in [3.63, 3.8) is 0 Å². The van der Waals surface area contributed by atoms with E-state index in [-0.39, 0.29) is 0 Å². The topological polar surface area (TPSA) is 70.4 Å². The van der Waals surface area contributed by atoms with E-state index in [0.29, 0.717) is 18.0 Å². The monoisotopic (exact) mass is 324 g/mol. The Bertz CT molecular complexity index is 783. The second-order valence-corrected chi connectivity index (χ2v) is 5.42. The first-order valence-electron chi connectivity index (χ1n) is 6.88. The van der Waals surface area contributed by atoms with Gasteiger partial charge >= 0.3 is 0 Å². The van der Waals surface area contributed by atoms with Crippen LogP contribution in [0.4, 0.5) is 5.69 Å². The van der Waals surface area contributed by atoms with E-state index in [1.807, 2.05) is 6.07 Å². The van der Waals surface area contributed by atoms with Crippen LogP contribution in [-0.2, 0) is 0 Å². The van der Waals surface area contributed by atoms with Crippen LogP contribution in [0.5, 0.6) is 0 Å². The Morgan fingerprint density at radius 3 is 2.96 bits per heavy atom. The number of rotatable bonds is 6. The van der Waals surface area contributed by atoms with E-state index >= 15 is 0 Å². The van der Waals surface area contributed by atoms with E-state index < -0.39 is 0 Å². The zero-order valence-electron chi connectivity index (χ0n) is 12.5. The Morgan fingerprint density at radius 2 is 2.22 bits per heavy atom. The summed E-state index contributed by atoms with van der Waals surface area (Å²) in [6.45, 7) is 8.26. The minimum Gasteiger partial charge on any atom is -0.411 e. The zero-order valence-corrected chi connectivity index (χ0v) is 13.3. The number of hydrogen-bond acceptors (Lipinski definition) is 6. The van der Waals surface area contributed by atoms with E-state index in [1.165, 1.54) is 17.6 Å². The normalized spacial score (nSPS) is 10.1. The van der Waals surface area contributed by atoms with Gasteiger partial charge in [0, 0.05) is 36.6 Å². The predicted octanol–water partition coefficient (Wildman–Crippen LogP) is 3.49. The van der Waals surface area contributed by atoms with Crippen molar-refractivity contribution in [2.24, 2.45) is 5.16 Å². The van der Waals surface area contributed by atoms with Crippen LogP contribution in [0.25, 0.3) is 12.2 Å². The van der Waals surface area contributed by atoms with Gasteiger partial charge in [0.25, 0.3) is 0 Å². The Hall–Kier alpha value is -2.91. The first kappa shape index (κ1) is 16.5. The third-order valence-electron chi connectivity index (χ3n) is 2.89. The molecule has 0 fully saturated rings. The van der Waals surface area contributed by atoms with Crippen LogP contribution in [0.15, 0.2) is 36.8 Å². The van der Waals surface area contributed by atoms with Crippen LogP contribution in [0, 0.1) is 11.8 Å². The number of nitrogens with zero attached hydrogens (tertiary/aromatic N) is 3. The quantitative estimate of drug-likeness (QED) is 0.280. The Morgan fingerprint density at radius 1 is 1.35 bits per heavy atom. The molecule has 2 aromatic rings. The molecule has 23 heavy (non-hydrogen) atoms. The fraction of sp³-hybridized carbons (Fsp3) is 0.118. The lowest BCUT2D eigenvalue weighted by Crippen LogP contribution is -2.03. The summed E-state index contributed by atoms with van der Waals surface area (Å²) < 4.78 is 0. The summed E-state index contributed by atoms with van der Waals surface area (Å²) in [5.41, 5.74) is 2.70. The fourth-order valence-corrected chi connectivity index (χ4v) is 2.54. The lowest BCUT2D eigenvalue weighted by molar-refractivity contribution is 0.322. The van der Waals surface area contributed by atoms with Crippen molar-refractivity contribution in [3.8, 4) is 11.8 Å². The lowest BCUT2D eigenvalue weighted by atomic mass is 10.1. The molecule has 6 heteroatoms. The third-order valence-corrected chi connectivity index (χ3v) is 3.74. The SMILES string of the molecule is C=Cc1nccc(NCCC#Cc2ncc(/C=N/O)s2)c1C=C. The van der Waals surface area contributed by atoms with E-state index in [4.69, 9.17) is 5.21 Å². The maximum atomic E-state index is 8.45. The van der Waals surface area contributed by atoms with Crippen molar-refractivity contribution >= 4 is 35.4 Å². The minimum atomic E-state index is 0.672. The van der Waals surface area contributed by atoms with Crippen molar-refractivity contribution in [1.82, 2.24) is 9.97 Å². The molecule has 0 saturated carbocycles. The summed E-state index contributed by atoms with van der Waals surface area (Å²) in [5, 5.41) is 15.4. The van der Waals surface area contributed by atoms with Crippen LogP contribution >= 0.6 is 11.3 Å². The van der Waals surface area contributed by atoms with Crippen molar-refractivity contribution in [2.45, 2.75) is 6.42 Å². The highest BCUT2D eigenvalue weighted by molar-refractivity contribution is 7.13. The second-order valence-electron chi connectivity index (χ2n) is 4.36. The van der Waals surface area contributed by atoms with Gasteiger partial charge in [0.15, 0.2) is 5.01 Å². The molecule has 2 rings (SSSR count). The fourth-order valence-electron chi connectivity index (χ4n) is 1.88. The minimum absolute atomic E-state index is 0.672. The molecule has 0 unspecified atom stereocenters. The summed E-state index contributed by atoms with van der Waals surface area (Å²) in [6, 6.07) is 1.90. The molecule has 0 atom stereocenters. The summed E-state index contributed by atoms with van der Waals surface area (Å²) in [6.07, 6.45) is 8.83. The second kappa shape index (κ2) is 8.51. The molecule has 0 amide bonds. The average Bonchev–Trinajstić information content (AvgIpc) is 3.02. The molecule has 0 bridgehead atoms. The molecule has 2 heterocycles. The largest absolute Gasteiger partial charge is 0.411 e. The number of nitrogens with one attached hydrogen (secondary N) is 1. The van der Waals surface area contributed by atoms with Gasteiger partial charge in [-0.3, -0.25) is 4.98 Å². The van der Waals surface area contributed by atoms with Crippen molar-refractivity contribution in [3.05, 3.63) is 52.8 Å². The molecule has 0 aliphatic rings. The standard InChI is InChI=1S/C17H16N4OS/c1-3-14-15(4-2)19-10-8-16(14)18-9-6-5-7-17-20-11-13(23-17)12-21-22/h3-4,8,10-12,22H,1-2,6,9H2,(H,18,19)/b21-12+. The van der Waals surface area contributed by atoms with Gasteiger partial charge in [-0.25, -0.2) is 4.98 Å². The summed E-state index contributed by atoms with van der Waals surface area (Å²) in [4.78, 5) is 9.13. The van der Waals surface area contributed by atoms with Crippen LogP contribution in [-0.4, -0.2) is 27.9 Å². The van der Waals surface area contributed by atoms with Crippen LogP contribution in [0.3, 0.4) is 0 Å². The number of thiazole rings is 1. The molecule has 0 aliphatic carbocycles. The van der Waals surface area contributed by atoms with Gasteiger partial charge in [-0.1, -0.05) is 30.3 Å². The van der Waals surface area contributed by atoms with E-state index in [9.17, 15) is 0 Å². The first-order valence-corrected chi connectivity index (χ1v) is 7.70. The number of hydrogen-bond donors (Lipinski definition) is 2. The molecule has 2 N–H and O–H groups in total. The molecule has 0 radical (unpaired) electrons. The molecule has 0 aromatic carbocycles. The van der Waals surface area contributed by atoms with Crippen LogP contribution < -0.4 is 5.32 Å². The van der Waals surface area contributed by atoms with E-state index in [2.05, 4.69) is 45.4 Å². The Kier molecular flexibility index (Phi) is 6.09. The van der Waals surface area contributed by atoms with Gasteiger partial charge in [-0.05, 0) is 18.1 Å². The van der Waals surface area contributed by atoms with Gasteiger partial charge in [0.1, 0.15) is 0 Å². The Balaban J connectivity index is 1.92. The lowest BCUT2D eigenvalue weighted by Gasteiger charge is -2.09. The number of anilines is 1. The molecular weight excluding hydrogens is 308 g/mol. The van der Waals surface area contributed by atoms with Gasteiger partial charge in [-0.2, -0.15) is 0 Å². The van der Waals surface area contributed by atoms with Gasteiger partial charge in [0.2, 0.25) is 0 Å². The number of aromatic nitrogens is 2. The van der Waals surface area contributed by atoms with Crippen molar-refractivity contribution in [2.75, 3.05) is 11.9 Å². The molecule has 5 nitrogen and oxygen atoms in total. The molecule has 0 saturated heterocycles.